The number of aliphatic hydroxyl groups excluding tert-OH is 4. The summed E-state index contributed by atoms with van der Waals surface area (Å²) in [6.45, 7) is 11.1. The van der Waals surface area contributed by atoms with Gasteiger partial charge in [-0.3, -0.25) is 47.9 Å². The summed E-state index contributed by atoms with van der Waals surface area (Å²) >= 11 is 1.08. The SMILES string of the molecule is CC1NC(=O)C(CC(C)(O)CO)NC(=O)C2Cc3c([nH]c4ccccc34)SCC(NC(=O)C(C(C)O)NC1=O)C(=O)N1CC(O)CC1C(=O)NC(C)C(=O)N2.CCCCC(=O)OCC(=O)[C@H]1[C@H](C)C[C@H]2[C@@H]3C[C@H](F)C4=CC(=O)C=C[C@]4(C)[C@@]3(F)[C@@H](O)C[C@@]21C. The van der Waals surface area contributed by atoms with Gasteiger partial charge < -0.3 is 72.1 Å². The minimum Gasteiger partial charge on any atom is -0.458 e. The number of aromatic nitrogens is 1. The zero-order valence-corrected chi connectivity index (χ0v) is 52.0. The number of halogens is 2. The van der Waals surface area contributed by atoms with Crippen LogP contribution in [0.3, 0.4) is 0 Å². The lowest BCUT2D eigenvalue weighted by molar-refractivity contribution is -0.202. The summed E-state index contributed by atoms with van der Waals surface area (Å²) in [6, 6.07) is -2.86. The van der Waals surface area contributed by atoms with E-state index in [2.05, 4.69) is 36.9 Å². The maximum absolute atomic E-state index is 17.1. The maximum atomic E-state index is 17.1. The third-order valence-electron chi connectivity index (χ3n) is 19.3. The van der Waals surface area contributed by atoms with Crippen LogP contribution >= 0.6 is 11.8 Å². The number of aliphatic hydroxyl groups is 5. The van der Waals surface area contributed by atoms with Gasteiger partial charge in [0.25, 0.3) is 0 Å². The Labute approximate surface area is 518 Å². The summed E-state index contributed by atoms with van der Waals surface area (Å²) in [7, 11) is 0. The van der Waals surface area contributed by atoms with Gasteiger partial charge in [0.2, 0.25) is 41.4 Å². The summed E-state index contributed by atoms with van der Waals surface area (Å²) in [5.74, 6) is -9.00. The van der Waals surface area contributed by atoms with E-state index in [1.165, 1.54) is 45.9 Å². The fourth-order valence-corrected chi connectivity index (χ4v) is 15.7. The number of Topliss-reactive ketones (excluding diaryl/α,β-unsaturated/α-hetero) is 1. The summed E-state index contributed by atoms with van der Waals surface area (Å²) in [4.78, 5) is 138. The molecule has 1 saturated heterocycles. The number of ketones is 2. The van der Waals surface area contributed by atoms with Crippen LogP contribution in [0.2, 0.25) is 0 Å². The lowest BCUT2D eigenvalue weighted by Crippen LogP contribution is -2.68. The van der Waals surface area contributed by atoms with Crippen molar-refractivity contribution in [1.29, 1.82) is 0 Å². The van der Waals surface area contributed by atoms with Crippen molar-refractivity contribution in [2.75, 3.05) is 25.5 Å². The van der Waals surface area contributed by atoms with Crippen molar-refractivity contribution in [1.82, 2.24) is 41.8 Å². The number of aromatic amines is 1. The molecule has 24 nitrogen and oxygen atoms in total. The maximum Gasteiger partial charge on any atom is 0.306 e. The lowest BCUT2D eigenvalue weighted by atomic mass is 9.45. The number of thioether (sulfide) groups is 1. The number of unbranched alkanes of at least 4 members (excludes halogenated alkanes) is 1. The molecule has 0 spiro atoms. The smallest absolute Gasteiger partial charge is 0.306 e. The van der Waals surface area contributed by atoms with Gasteiger partial charge >= 0.3 is 5.97 Å². The van der Waals surface area contributed by atoms with E-state index in [0.717, 1.165) is 23.1 Å². The van der Waals surface area contributed by atoms with Crippen molar-refractivity contribution in [3.05, 3.63) is 53.6 Å². The van der Waals surface area contributed by atoms with E-state index in [1.807, 2.05) is 20.8 Å². The Morgan fingerprint density at radius 3 is 2.20 bits per heavy atom. The first kappa shape index (κ1) is 68.3. The number of nitrogens with zero attached hydrogens (tertiary/aromatic N) is 1. The highest BCUT2D eigenvalue weighted by Gasteiger charge is 2.73. The number of fused-ring (bicyclic) bond motifs is 10. The second kappa shape index (κ2) is 27.0. The quantitative estimate of drug-likeness (QED) is 0.146. The van der Waals surface area contributed by atoms with Gasteiger partial charge in [-0.05, 0) is 107 Å². The van der Waals surface area contributed by atoms with E-state index in [1.54, 1.807) is 31.2 Å². The average molecular weight is 1270 g/mol. The van der Waals surface area contributed by atoms with Gasteiger partial charge in [-0.1, -0.05) is 51.5 Å². The van der Waals surface area contributed by atoms with Crippen molar-refractivity contribution >= 4 is 81.6 Å². The van der Waals surface area contributed by atoms with Gasteiger partial charge in [0.15, 0.2) is 17.2 Å². The lowest BCUT2D eigenvalue weighted by Gasteiger charge is -2.62. The van der Waals surface area contributed by atoms with Crippen LogP contribution in [0.25, 0.3) is 10.9 Å². The Balaban J connectivity index is 0.000000257. The Hall–Kier alpha value is -6.65. The molecular formula is C62H84F2N8O16S. The molecule has 19 atom stereocenters. The van der Waals surface area contributed by atoms with Crippen LogP contribution in [-0.2, 0) is 59.1 Å². The van der Waals surface area contributed by atoms with E-state index in [4.69, 9.17) is 4.74 Å². The largest absolute Gasteiger partial charge is 0.458 e. The standard InChI is InChI=1S/C35H48N8O11S.C27H36F2O5/c1-15-27(47)38-22-10-20-19-7-5-6-8-21(19)41-33(20)55-13-24(34(53)43-12-18(46)9-25(43)31(51)37-15)40-32(52)26(17(3)45)42-28(48)16(2)36-30(50)23(39-29(22)49)11-35(4,54)14-44;1-5-6-7-23(33)34-14-21(31)24-15(2)10-17-18-12-20(28)19-11-16(30)8-9-26(19,4)27(18,29)22(32)13-25(17,24)3/h5-8,15-18,22-26,41,44-46,54H,9-14H2,1-4H3,(H,36,50)(H,37,51)(H,38,47)(H,39,49)(H,40,52)(H,42,48);8-9,11,15,17-18,20,22,24,32H,5-7,10,12-14H2,1-4H3/t;15-,17+,18+,20+,22+,24-,25+,26+,27+/m.1/s1. The van der Waals surface area contributed by atoms with Gasteiger partial charge in [0.1, 0.15) is 55.1 Å². The molecule has 89 heavy (non-hydrogen) atoms. The van der Waals surface area contributed by atoms with Crippen molar-refractivity contribution in [3.8, 4) is 0 Å². The number of nitrogens with one attached hydrogen (secondary N) is 7. The minimum absolute atomic E-state index is 0.0524. The number of ether oxygens (including phenoxy) is 1. The van der Waals surface area contributed by atoms with E-state index in [0.29, 0.717) is 34.3 Å². The molecule has 7 aliphatic rings. The number of allylic oxidation sites excluding steroid dienone is 4. The Morgan fingerprint density at radius 2 is 1.53 bits per heavy atom. The van der Waals surface area contributed by atoms with Crippen molar-refractivity contribution in [2.45, 2.75) is 196 Å². The molecule has 9 rings (SSSR count). The molecule has 1 aromatic carbocycles. The topological polar surface area (TPSA) is 372 Å². The van der Waals surface area contributed by atoms with Crippen LogP contribution in [-0.4, -0.2) is 198 Å². The number of alkyl halides is 2. The summed E-state index contributed by atoms with van der Waals surface area (Å²) < 4.78 is 37.7. The predicted molar refractivity (Wildman–Crippen MR) is 318 cm³/mol. The molecule has 1 aromatic heterocycles. The Kier molecular flexibility index (Phi) is 20.7. The number of hydrogen-bond donors (Lipinski definition) is 12. The van der Waals surface area contributed by atoms with Gasteiger partial charge in [-0.2, -0.15) is 0 Å². The highest BCUT2D eigenvalue weighted by Crippen LogP contribution is 2.70. The Bertz CT molecular complexity index is 3180. The third kappa shape index (κ3) is 13.8. The summed E-state index contributed by atoms with van der Waals surface area (Å²) in [5.41, 5.74) is -4.96. The highest BCUT2D eigenvalue weighted by molar-refractivity contribution is 7.99. The normalized spacial score (nSPS) is 36.3. The van der Waals surface area contributed by atoms with Gasteiger partial charge in [0.05, 0.1) is 35.5 Å². The fraction of sp³-hybridized carbons (Fsp3) is 0.645. The number of carbonyl (C=O) groups is 10. The molecule has 27 heteroatoms. The van der Waals surface area contributed by atoms with Crippen molar-refractivity contribution in [2.24, 2.45) is 34.5 Å². The molecular weight excluding hydrogens is 1180 g/mol. The zero-order valence-electron chi connectivity index (χ0n) is 51.2. The van der Waals surface area contributed by atoms with E-state index < -0.39 is 161 Å². The van der Waals surface area contributed by atoms with E-state index in [9.17, 15) is 73.5 Å². The van der Waals surface area contributed by atoms with Gasteiger partial charge in [-0.25, -0.2) is 8.78 Å². The molecule has 12 N–H and O–H groups in total. The molecule has 0 radical (unpaired) electrons. The second-order valence-corrected chi connectivity index (χ2v) is 27.0. The van der Waals surface area contributed by atoms with Crippen LogP contribution < -0.4 is 31.9 Å². The molecule has 3 aliphatic heterocycles. The average Bonchev–Trinajstić information content (AvgIpc) is 1.67. The first-order chi connectivity index (χ1) is 41.8. The first-order valence-corrected chi connectivity index (χ1v) is 31.5. The number of H-pyrrole nitrogens is 1. The Morgan fingerprint density at radius 1 is 0.865 bits per heavy atom. The number of carbonyl (C=O) groups excluding carboxylic acids is 10. The molecule has 2 bridgehead atoms. The monoisotopic (exact) mass is 1270 g/mol. The first-order valence-electron chi connectivity index (χ1n) is 30.5. The fourth-order valence-electron chi connectivity index (χ4n) is 14.6. The highest BCUT2D eigenvalue weighted by atomic mass is 32.2. The number of esters is 1. The van der Waals surface area contributed by atoms with Gasteiger partial charge in [-0.15, -0.1) is 11.8 Å². The molecule has 4 heterocycles. The number of amides is 7. The number of rotatable bonds is 10. The second-order valence-electron chi connectivity index (χ2n) is 26.0. The van der Waals surface area contributed by atoms with Crippen LogP contribution in [0, 0.1) is 34.5 Å². The van der Waals surface area contributed by atoms with E-state index in [-0.39, 0.29) is 80.0 Å². The van der Waals surface area contributed by atoms with E-state index >= 15 is 8.78 Å². The van der Waals surface area contributed by atoms with Crippen LogP contribution in [0.4, 0.5) is 8.78 Å². The van der Waals surface area contributed by atoms with Crippen molar-refractivity contribution < 1.29 is 87.0 Å². The molecule has 2 aromatic rings. The van der Waals surface area contributed by atoms with Gasteiger partial charge in [0, 0.05) is 66.1 Å². The van der Waals surface area contributed by atoms with Crippen LogP contribution in [0.1, 0.15) is 112 Å². The molecule has 10 unspecified atom stereocenters. The van der Waals surface area contributed by atoms with Crippen LogP contribution in [0.5, 0.6) is 0 Å². The molecule has 3 saturated carbocycles. The number of benzene rings is 1. The molecule has 4 fully saturated rings. The molecule has 488 valence electrons. The molecule has 7 amide bonds. The minimum atomic E-state index is -2.15. The summed E-state index contributed by atoms with van der Waals surface area (Å²) in [6.07, 6.45) is -0.329. The zero-order chi connectivity index (χ0) is 65.4. The predicted octanol–water partition coefficient (Wildman–Crippen LogP) is 0.724. The third-order valence-corrected chi connectivity index (χ3v) is 20.4. The molecule has 4 aliphatic carbocycles. The van der Waals surface area contributed by atoms with Crippen molar-refractivity contribution in [3.63, 3.8) is 0 Å². The number of para-hydroxylation sites is 1. The van der Waals surface area contributed by atoms with Crippen LogP contribution in [0.15, 0.2) is 53.1 Å². The number of hydrogen-bond acceptors (Lipinski definition) is 17. The summed E-state index contributed by atoms with van der Waals surface area (Å²) in [5, 5.41) is 69.4.